The second-order valence-electron chi connectivity index (χ2n) is 8.53. The van der Waals surface area contributed by atoms with Gasteiger partial charge in [-0.1, -0.05) is 24.3 Å². The Hall–Kier alpha value is -4.06. The van der Waals surface area contributed by atoms with Crippen molar-refractivity contribution in [2.24, 2.45) is 0 Å². The van der Waals surface area contributed by atoms with Gasteiger partial charge in [0, 0.05) is 6.07 Å². The summed E-state index contributed by atoms with van der Waals surface area (Å²) in [6.07, 6.45) is 0. The zero-order valence-corrected chi connectivity index (χ0v) is 20.3. The van der Waals surface area contributed by atoms with Crippen LogP contribution in [0, 0.1) is 27.7 Å². The summed E-state index contributed by atoms with van der Waals surface area (Å²) in [7, 11) is 3.12. The standard InChI is InChI=1S/C28H28N2O4/c1-16-11-17(2)13-21(12-16)30-27(31)25(20-8-7-18(3)19(4)14-20)26(28(30)32)29-23-10-9-22(33-5)15-24(23)34-6/h7-15,29H,1-6H3. The molecular formula is C28H28N2O4. The maximum atomic E-state index is 13.7. The molecule has 0 bridgehead atoms. The van der Waals surface area contributed by atoms with Gasteiger partial charge in [-0.05, 0) is 79.8 Å². The molecule has 0 radical (unpaired) electrons. The van der Waals surface area contributed by atoms with Gasteiger partial charge in [0.1, 0.15) is 17.2 Å². The largest absolute Gasteiger partial charge is 0.497 e. The van der Waals surface area contributed by atoms with E-state index < -0.39 is 5.91 Å². The van der Waals surface area contributed by atoms with Crippen LogP contribution in [0.3, 0.4) is 0 Å². The highest BCUT2D eigenvalue weighted by molar-refractivity contribution is 6.46. The fraction of sp³-hybridized carbons (Fsp3) is 0.214. The van der Waals surface area contributed by atoms with Gasteiger partial charge in [0.05, 0.1) is 31.2 Å². The molecule has 0 unspecified atom stereocenters. The van der Waals surface area contributed by atoms with Gasteiger partial charge in [-0.2, -0.15) is 0 Å². The quantitative estimate of drug-likeness (QED) is 0.508. The van der Waals surface area contributed by atoms with E-state index in [0.29, 0.717) is 34.0 Å². The Morgan fingerprint density at radius 1 is 0.735 bits per heavy atom. The number of nitrogens with zero attached hydrogens (tertiary/aromatic N) is 1. The van der Waals surface area contributed by atoms with E-state index in [0.717, 1.165) is 22.3 Å². The molecule has 0 saturated heterocycles. The first kappa shape index (κ1) is 23.1. The number of ether oxygens (including phenoxy) is 2. The lowest BCUT2D eigenvalue weighted by Gasteiger charge is -2.17. The highest BCUT2D eigenvalue weighted by atomic mass is 16.5. The van der Waals surface area contributed by atoms with Gasteiger partial charge >= 0.3 is 0 Å². The molecular weight excluding hydrogens is 428 g/mol. The van der Waals surface area contributed by atoms with Crippen molar-refractivity contribution < 1.29 is 19.1 Å². The molecule has 0 aliphatic carbocycles. The predicted molar refractivity (Wildman–Crippen MR) is 134 cm³/mol. The molecule has 2 amide bonds. The Morgan fingerprint density at radius 2 is 1.44 bits per heavy atom. The van der Waals surface area contributed by atoms with Crippen LogP contribution in [0.1, 0.15) is 27.8 Å². The highest BCUT2D eigenvalue weighted by Gasteiger charge is 2.40. The van der Waals surface area contributed by atoms with E-state index in [2.05, 4.69) is 5.32 Å². The topological polar surface area (TPSA) is 67.9 Å². The van der Waals surface area contributed by atoms with Gasteiger partial charge in [0.2, 0.25) is 0 Å². The van der Waals surface area contributed by atoms with Crippen LogP contribution in [0.4, 0.5) is 11.4 Å². The molecule has 4 rings (SSSR count). The van der Waals surface area contributed by atoms with Crippen molar-refractivity contribution >= 4 is 28.8 Å². The summed E-state index contributed by atoms with van der Waals surface area (Å²) < 4.78 is 10.8. The summed E-state index contributed by atoms with van der Waals surface area (Å²) in [5.41, 5.74) is 6.41. The molecule has 3 aromatic carbocycles. The first-order valence-electron chi connectivity index (χ1n) is 11.0. The molecule has 0 aromatic heterocycles. The average Bonchev–Trinajstić information content (AvgIpc) is 3.04. The SMILES string of the molecule is COc1ccc(NC2=C(c3ccc(C)c(C)c3)C(=O)N(c3cc(C)cc(C)c3)C2=O)c(OC)c1. The van der Waals surface area contributed by atoms with Crippen molar-refractivity contribution in [3.8, 4) is 11.5 Å². The fourth-order valence-corrected chi connectivity index (χ4v) is 4.16. The number of anilines is 2. The number of carbonyl (C=O) groups excluding carboxylic acids is 2. The van der Waals surface area contributed by atoms with Crippen LogP contribution < -0.4 is 19.7 Å². The molecule has 0 atom stereocenters. The number of hydrogen-bond acceptors (Lipinski definition) is 5. The van der Waals surface area contributed by atoms with Crippen molar-refractivity contribution in [2.45, 2.75) is 27.7 Å². The smallest absolute Gasteiger partial charge is 0.282 e. The Balaban J connectivity index is 1.87. The molecule has 1 N–H and O–H groups in total. The molecule has 0 spiro atoms. The van der Waals surface area contributed by atoms with E-state index in [4.69, 9.17) is 9.47 Å². The van der Waals surface area contributed by atoms with Gasteiger partial charge in [0.25, 0.3) is 11.8 Å². The van der Waals surface area contributed by atoms with Crippen molar-refractivity contribution in [1.29, 1.82) is 0 Å². The number of methoxy groups -OCH3 is 2. The number of imide groups is 1. The summed E-state index contributed by atoms with van der Waals surface area (Å²) >= 11 is 0. The van der Waals surface area contributed by atoms with Crippen LogP contribution in [0.2, 0.25) is 0 Å². The fourth-order valence-electron chi connectivity index (χ4n) is 4.16. The number of benzene rings is 3. The minimum absolute atomic E-state index is 0.205. The first-order chi connectivity index (χ1) is 16.2. The first-order valence-corrected chi connectivity index (χ1v) is 11.0. The molecule has 1 heterocycles. The minimum atomic E-state index is -0.416. The van der Waals surface area contributed by atoms with E-state index in [9.17, 15) is 9.59 Å². The molecule has 174 valence electrons. The zero-order valence-electron chi connectivity index (χ0n) is 20.3. The van der Waals surface area contributed by atoms with Gasteiger partial charge in [-0.15, -0.1) is 0 Å². The Labute approximate surface area is 199 Å². The molecule has 0 fully saturated rings. The Kier molecular flexibility index (Phi) is 6.16. The van der Waals surface area contributed by atoms with E-state index >= 15 is 0 Å². The number of carbonyl (C=O) groups is 2. The number of aryl methyl sites for hydroxylation is 4. The number of rotatable bonds is 6. The van der Waals surface area contributed by atoms with Gasteiger partial charge < -0.3 is 14.8 Å². The van der Waals surface area contributed by atoms with Crippen molar-refractivity contribution in [3.63, 3.8) is 0 Å². The Bertz CT molecular complexity index is 1320. The normalized spacial score (nSPS) is 13.5. The van der Waals surface area contributed by atoms with Crippen LogP contribution in [0.15, 0.2) is 60.3 Å². The van der Waals surface area contributed by atoms with Crippen molar-refractivity contribution in [2.75, 3.05) is 24.4 Å². The molecule has 0 saturated carbocycles. The van der Waals surface area contributed by atoms with Gasteiger partial charge in [-0.3, -0.25) is 9.59 Å². The maximum absolute atomic E-state index is 13.7. The van der Waals surface area contributed by atoms with E-state index in [1.54, 1.807) is 32.4 Å². The van der Waals surface area contributed by atoms with Crippen LogP contribution in [0.25, 0.3) is 5.57 Å². The maximum Gasteiger partial charge on any atom is 0.282 e. The average molecular weight is 457 g/mol. The van der Waals surface area contributed by atoms with Crippen LogP contribution >= 0.6 is 0 Å². The molecule has 1 aliphatic rings. The molecule has 6 nitrogen and oxygen atoms in total. The van der Waals surface area contributed by atoms with E-state index in [1.807, 2.05) is 64.1 Å². The second-order valence-corrected chi connectivity index (χ2v) is 8.53. The lowest BCUT2D eigenvalue weighted by molar-refractivity contribution is -0.120. The number of nitrogens with one attached hydrogen (secondary N) is 1. The third-order valence-corrected chi connectivity index (χ3v) is 6.01. The summed E-state index contributed by atoms with van der Waals surface area (Å²) in [6.45, 7) is 7.89. The van der Waals surface area contributed by atoms with E-state index in [1.165, 1.54) is 4.90 Å². The lowest BCUT2D eigenvalue weighted by atomic mass is 9.99. The van der Waals surface area contributed by atoms with Crippen LogP contribution in [0.5, 0.6) is 11.5 Å². The van der Waals surface area contributed by atoms with Crippen molar-refractivity contribution in [3.05, 3.63) is 88.1 Å². The predicted octanol–water partition coefficient (Wildman–Crippen LogP) is 5.33. The number of amides is 2. The summed E-state index contributed by atoms with van der Waals surface area (Å²) in [5, 5.41) is 3.19. The monoisotopic (exact) mass is 456 g/mol. The summed E-state index contributed by atoms with van der Waals surface area (Å²) in [5.74, 6) is 0.335. The minimum Gasteiger partial charge on any atom is -0.497 e. The van der Waals surface area contributed by atoms with E-state index in [-0.39, 0.29) is 11.6 Å². The third-order valence-electron chi connectivity index (χ3n) is 6.01. The molecule has 6 heteroatoms. The van der Waals surface area contributed by atoms with Crippen LogP contribution in [-0.2, 0) is 9.59 Å². The summed E-state index contributed by atoms with van der Waals surface area (Å²) in [6, 6.07) is 16.7. The highest BCUT2D eigenvalue weighted by Crippen LogP contribution is 2.37. The van der Waals surface area contributed by atoms with Gasteiger partial charge in [-0.25, -0.2) is 4.90 Å². The van der Waals surface area contributed by atoms with Crippen molar-refractivity contribution in [1.82, 2.24) is 0 Å². The molecule has 34 heavy (non-hydrogen) atoms. The summed E-state index contributed by atoms with van der Waals surface area (Å²) in [4.78, 5) is 28.7. The molecule has 3 aromatic rings. The third kappa shape index (κ3) is 4.15. The second kappa shape index (κ2) is 9.06. The zero-order chi connectivity index (χ0) is 24.6. The van der Waals surface area contributed by atoms with Gasteiger partial charge in [0.15, 0.2) is 0 Å². The molecule has 1 aliphatic heterocycles. The number of hydrogen-bond donors (Lipinski definition) is 1. The Morgan fingerprint density at radius 3 is 2.06 bits per heavy atom. The van der Waals surface area contributed by atoms with Crippen LogP contribution in [-0.4, -0.2) is 26.0 Å². The lowest BCUT2D eigenvalue weighted by Crippen LogP contribution is -2.32.